The first kappa shape index (κ1) is 23.2. The van der Waals surface area contributed by atoms with Crippen molar-refractivity contribution in [3.05, 3.63) is 16.1 Å². The molecule has 0 radical (unpaired) electrons. The van der Waals surface area contributed by atoms with E-state index in [1.165, 1.54) is 60.2 Å². The van der Waals surface area contributed by atoms with Crippen LogP contribution in [0.15, 0.2) is 11.2 Å². The SMILES string of the molecule is CCc1cnc(CCNC(=NC)NCC2(N3CCSCC3)CCCC2)s1.I. The molecule has 2 N–H and O–H groups in total. The van der Waals surface area contributed by atoms with Crippen LogP contribution in [0.25, 0.3) is 0 Å². The molecule has 0 amide bonds. The van der Waals surface area contributed by atoms with Gasteiger partial charge in [-0.2, -0.15) is 11.8 Å². The number of nitrogens with one attached hydrogen (secondary N) is 2. The van der Waals surface area contributed by atoms with E-state index in [-0.39, 0.29) is 24.0 Å². The molecule has 27 heavy (non-hydrogen) atoms. The molecular formula is C19H34IN5S2. The van der Waals surface area contributed by atoms with Gasteiger partial charge in [0.15, 0.2) is 5.96 Å². The summed E-state index contributed by atoms with van der Waals surface area (Å²) in [6.07, 6.45) is 9.41. The molecule has 1 aliphatic carbocycles. The van der Waals surface area contributed by atoms with E-state index in [1.54, 1.807) is 0 Å². The van der Waals surface area contributed by atoms with Crippen LogP contribution in [-0.2, 0) is 12.8 Å². The maximum atomic E-state index is 4.50. The van der Waals surface area contributed by atoms with Gasteiger partial charge in [0.1, 0.15) is 0 Å². The highest BCUT2D eigenvalue weighted by Crippen LogP contribution is 2.36. The van der Waals surface area contributed by atoms with Crippen molar-refractivity contribution in [2.24, 2.45) is 4.99 Å². The average molecular weight is 524 g/mol. The van der Waals surface area contributed by atoms with Crippen LogP contribution in [0.3, 0.4) is 0 Å². The molecule has 1 aromatic heterocycles. The molecule has 1 saturated carbocycles. The van der Waals surface area contributed by atoms with Gasteiger partial charge in [-0.25, -0.2) is 4.98 Å². The van der Waals surface area contributed by atoms with Gasteiger partial charge in [0.25, 0.3) is 0 Å². The van der Waals surface area contributed by atoms with Crippen LogP contribution < -0.4 is 10.6 Å². The standard InChI is InChI=1S/C19H33N5S2.HI/c1-3-16-14-22-17(26-16)6-9-21-18(20-2)23-15-19(7-4-5-8-19)24-10-12-25-13-11-24;/h14H,3-13,15H2,1-2H3,(H2,20,21,23);1H. The van der Waals surface area contributed by atoms with E-state index < -0.39 is 0 Å². The maximum Gasteiger partial charge on any atom is 0.191 e. The third kappa shape index (κ3) is 6.47. The summed E-state index contributed by atoms with van der Waals surface area (Å²) in [4.78, 5) is 13.0. The Kier molecular flexibility index (Phi) is 10.2. The minimum Gasteiger partial charge on any atom is -0.356 e. The molecule has 3 rings (SSSR count). The molecule has 5 nitrogen and oxygen atoms in total. The number of aliphatic imine (C=N–C) groups is 1. The van der Waals surface area contributed by atoms with Gasteiger partial charge in [0.05, 0.1) is 5.01 Å². The minimum atomic E-state index is 0. The van der Waals surface area contributed by atoms with Gasteiger partial charge in [0.2, 0.25) is 0 Å². The average Bonchev–Trinajstić information content (AvgIpc) is 3.35. The summed E-state index contributed by atoms with van der Waals surface area (Å²) in [5, 5.41) is 8.31. The van der Waals surface area contributed by atoms with Crippen LogP contribution in [0.5, 0.6) is 0 Å². The highest BCUT2D eigenvalue weighted by Gasteiger charge is 2.39. The molecule has 2 aliphatic rings. The van der Waals surface area contributed by atoms with Crippen molar-refractivity contribution in [3.8, 4) is 0 Å². The molecule has 154 valence electrons. The third-order valence-corrected chi connectivity index (χ3v) is 7.75. The zero-order valence-corrected chi connectivity index (χ0v) is 20.6. The number of nitrogens with zero attached hydrogens (tertiary/aromatic N) is 3. The Labute approximate surface area is 189 Å². The lowest BCUT2D eigenvalue weighted by Crippen LogP contribution is -2.57. The van der Waals surface area contributed by atoms with Crippen molar-refractivity contribution in [1.82, 2.24) is 20.5 Å². The normalized spacial score (nSPS) is 20.3. The van der Waals surface area contributed by atoms with Crippen molar-refractivity contribution < 1.29 is 0 Å². The van der Waals surface area contributed by atoms with Gasteiger partial charge in [-0.1, -0.05) is 19.8 Å². The first-order chi connectivity index (χ1) is 12.8. The Hall–Kier alpha value is -0.0600. The van der Waals surface area contributed by atoms with E-state index >= 15 is 0 Å². The van der Waals surface area contributed by atoms with E-state index in [1.807, 2.05) is 24.6 Å². The Morgan fingerprint density at radius 1 is 1.26 bits per heavy atom. The molecule has 0 unspecified atom stereocenters. The summed E-state index contributed by atoms with van der Waals surface area (Å²) >= 11 is 3.92. The molecule has 0 aromatic carbocycles. The molecule has 2 heterocycles. The Balaban J connectivity index is 0.00000261. The fourth-order valence-electron chi connectivity index (χ4n) is 4.06. The highest BCUT2D eigenvalue weighted by atomic mass is 127. The third-order valence-electron chi connectivity index (χ3n) is 5.61. The van der Waals surface area contributed by atoms with Gasteiger partial charge in [-0.05, 0) is 19.3 Å². The topological polar surface area (TPSA) is 52.6 Å². The van der Waals surface area contributed by atoms with Gasteiger partial charge in [-0.3, -0.25) is 9.89 Å². The molecule has 0 bridgehead atoms. The van der Waals surface area contributed by atoms with Crippen LogP contribution >= 0.6 is 47.1 Å². The summed E-state index contributed by atoms with van der Waals surface area (Å²) in [5.41, 5.74) is 0.337. The second-order valence-corrected chi connectivity index (χ2v) is 9.63. The van der Waals surface area contributed by atoms with Crippen LogP contribution in [-0.4, -0.2) is 66.1 Å². The zero-order valence-electron chi connectivity index (χ0n) is 16.6. The number of hydrogen-bond donors (Lipinski definition) is 2. The van der Waals surface area contributed by atoms with E-state index in [0.29, 0.717) is 5.54 Å². The number of aromatic nitrogens is 1. The Morgan fingerprint density at radius 3 is 2.63 bits per heavy atom. The molecule has 1 aliphatic heterocycles. The smallest absolute Gasteiger partial charge is 0.191 e. The number of halogens is 1. The van der Waals surface area contributed by atoms with Crippen molar-refractivity contribution in [2.75, 3.05) is 44.7 Å². The number of hydrogen-bond acceptors (Lipinski definition) is 5. The summed E-state index contributed by atoms with van der Waals surface area (Å²) in [6, 6.07) is 0. The lowest BCUT2D eigenvalue weighted by molar-refractivity contribution is 0.107. The summed E-state index contributed by atoms with van der Waals surface area (Å²) in [7, 11) is 1.87. The van der Waals surface area contributed by atoms with E-state index in [0.717, 1.165) is 31.9 Å². The predicted molar refractivity (Wildman–Crippen MR) is 130 cm³/mol. The molecule has 8 heteroatoms. The summed E-state index contributed by atoms with van der Waals surface area (Å²) < 4.78 is 0. The first-order valence-corrected chi connectivity index (χ1v) is 11.9. The van der Waals surface area contributed by atoms with E-state index in [9.17, 15) is 0 Å². The van der Waals surface area contributed by atoms with E-state index in [4.69, 9.17) is 0 Å². The molecule has 2 fully saturated rings. The maximum absolute atomic E-state index is 4.50. The number of guanidine groups is 1. The van der Waals surface area contributed by atoms with Crippen molar-refractivity contribution in [2.45, 2.75) is 51.0 Å². The number of thiazole rings is 1. The van der Waals surface area contributed by atoms with Crippen molar-refractivity contribution in [1.29, 1.82) is 0 Å². The highest BCUT2D eigenvalue weighted by molar-refractivity contribution is 14.0. The minimum absolute atomic E-state index is 0. The fourth-order valence-corrected chi connectivity index (χ4v) is 5.82. The lowest BCUT2D eigenvalue weighted by atomic mass is 9.94. The lowest BCUT2D eigenvalue weighted by Gasteiger charge is -2.43. The second kappa shape index (κ2) is 11.8. The van der Waals surface area contributed by atoms with Gasteiger partial charge < -0.3 is 10.6 Å². The number of rotatable bonds is 7. The van der Waals surface area contributed by atoms with Gasteiger partial charge >= 0.3 is 0 Å². The van der Waals surface area contributed by atoms with Gasteiger partial charge in [-0.15, -0.1) is 35.3 Å². The van der Waals surface area contributed by atoms with E-state index in [2.05, 4.69) is 44.2 Å². The van der Waals surface area contributed by atoms with Crippen LogP contribution in [0.4, 0.5) is 0 Å². The second-order valence-electron chi connectivity index (χ2n) is 7.21. The van der Waals surface area contributed by atoms with Crippen LogP contribution in [0.1, 0.15) is 42.5 Å². The van der Waals surface area contributed by atoms with Crippen LogP contribution in [0.2, 0.25) is 0 Å². The fraction of sp³-hybridized carbons (Fsp3) is 0.789. The van der Waals surface area contributed by atoms with Crippen molar-refractivity contribution >= 4 is 53.0 Å². The summed E-state index contributed by atoms with van der Waals surface area (Å²) in [5.74, 6) is 3.49. The summed E-state index contributed by atoms with van der Waals surface area (Å²) in [6.45, 7) is 6.55. The molecule has 1 saturated heterocycles. The Bertz CT molecular complexity index is 580. The van der Waals surface area contributed by atoms with Crippen molar-refractivity contribution in [3.63, 3.8) is 0 Å². The molecule has 1 aromatic rings. The molecule has 0 spiro atoms. The first-order valence-electron chi connectivity index (χ1n) is 9.96. The van der Waals surface area contributed by atoms with Gasteiger partial charge in [0, 0.05) is 67.8 Å². The number of aryl methyl sites for hydroxylation is 1. The quantitative estimate of drug-likeness (QED) is 0.326. The predicted octanol–water partition coefficient (Wildman–Crippen LogP) is 3.39. The Morgan fingerprint density at radius 2 is 2.00 bits per heavy atom. The molecular weight excluding hydrogens is 489 g/mol. The zero-order chi connectivity index (χ0) is 18.2. The van der Waals surface area contributed by atoms with Crippen LogP contribution in [0, 0.1) is 0 Å². The molecule has 0 atom stereocenters. The monoisotopic (exact) mass is 523 g/mol. The number of thioether (sulfide) groups is 1. The largest absolute Gasteiger partial charge is 0.356 e.